The molecule has 2 heterocycles. The van der Waals surface area contributed by atoms with Crippen molar-refractivity contribution < 1.29 is 18.3 Å². The maximum absolute atomic E-state index is 12.1. The molecular formula is C14H11BrClF2N3O2. The Balaban J connectivity index is 2.00. The highest BCUT2D eigenvalue weighted by atomic mass is 79.9. The lowest BCUT2D eigenvalue weighted by Crippen LogP contribution is -2.29. The summed E-state index contributed by atoms with van der Waals surface area (Å²) in [6.45, 7) is -0.633. The van der Waals surface area contributed by atoms with Crippen LogP contribution < -0.4 is 10.1 Å². The second-order valence-corrected chi connectivity index (χ2v) is 5.57. The largest absolute Gasteiger partial charge is 0.473 e. The fourth-order valence-corrected chi connectivity index (χ4v) is 2.11. The van der Waals surface area contributed by atoms with Gasteiger partial charge in [-0.1, -0.05) is 17.7 Å². The molecule has 2 rings (SSSR count). The molecule has 0 saturated carbocycles. The standard InChI is InChI=1S/C14H11BrClF2N3O2/c15-11-2-1-3-13(21-11)23-7-8-5-19-10(4-9(8)16)14(22)20-6-12(17)18/h1-5,12H,6-7H2,(H,20,22). The van der Waals surface area contributed by atoms with Crippen LogP contribution in [0.1, 0.15) is 16.1 Å². The molecule has 0 aliphatic carbocycles. The van der Waals surface area contributed by atoms with Gasteiger partial charge in [-0.25, -0.2) is 13.8 Å². The fraction of sp³-hybridized carbons (Fsp3) is 0.214. The zero-order valence-corrected chi connectivity index (χ0v) is 13.9. The summed E-state index contributed by atoms with van der Waals surface area (Å²) in [5.41, 5.74) is 0.499. The Kier molecular flexibility index (Phi) is 6.23. The lowest BCUT2D eigenvalue weighted by Gasteiger charge is -2.09. The highest BCUT2D eigenvalue weighted by molar-refractivity contribution is 9.10. The Labute approximate surface area is 144 Å². The van der Waals surface area contributed by atoms with E-state index < -0.39 is 18.9 Å². The van der Waals surface area contributed by atoms with Crippen LogP contribution >= 0.6 is 27.5 Å². The van der Waals surface area contributed by atoms with Crippen LogP contribution in [-0.2, 0) is 6.61 Å². The van der Waals surface area contributed by atoms with Crippen LogP contribution in [0.4, 0.5) is 8.78 Å². The molecule has 1 amide bonds. The van der Waals surface area contributed by atoms with Gasteiger partial charge >= 0.3 is 0 Å². The van der Waals surface area contributed by atoms with Gasteiger partial charge in [0.1, 0.15) is 16.9 Å². The lowest BCUT2D eigenvalue weighted by atomic mass is 10.2. The highest BCUT2D eigenvalue weighted by Gasteiger charge is 2.13. The van der Waals surface area contributed by atoms with Crippen molar-refractivity contribution in [2.75, 3.05) is 6.54 Å². The van der Waals surface area contributed by atoms with Crippen LogP contribution in [0.15, 0.2) is 35.1 Å². The number of carbonyl (C=O) groups is 1. The summed E-state index contributed by atoms with van der Waals surface area (Å²) in [6, 6.07) is 6.50. The molecule has 0 aliphatic heterocycles. The summed E-state index contributed by atoms with van der Waals surface area (Å²) in [5.74, 6) is -0.317. The molecule has 0 bridgehead atoms. The first-order valence-corrected chi connectivity index (χ1v) is 7.59. The average molecular weight is 407 g/mol. The fourth-order valence-electron chi connectivity index (χ4n) is 1.57. The number of ether oxygens (including phenoxy) is 1. The normalized spacial score (nSPS) is 10.7. The first kappa shape index (κ1) is 17.6. The van der Waals surface area contributed by atoms with Crippen molar-refractivity contribution in [3.8, 4) is 5.88 Å². The van der Waals surface area contributed by atoms with Gasteiger partial charge in [0.2, 0.25) is 5.88 Å². The van der Waals surface area contributed by atoms with Crippen molar-refractivity contribution in [3.05, 3.63) is 51.3 Å². The van der Waals surface area contributed by atoms with Crippen LogP contribution in [0, 0.1) is 0 Å². The maximum atomic E-state index is 12.1. The molecule has 9 heteroatoms. The number of rotatable bonds is 6. The predicted molar refractivity (Wildman–Crippen MR) is 83.9 cm³/mol. The highest BCUT2D eigenvalue weighted by Crippen LogP contribution is 2.19. The SMILES string of the molecule is O=C(NCC(F)F)c1cc(Cl)c(COc2cccc(Br)n2)cn1. The third-order valence-electron chi connectivity index (χ3n) is 2.64. The molecule has 1 N–H and O–H groups in total. The minimum absolute atomic E-state index is 0.0417. The van der Waals surface area contributed by atoms with Gasteiger partial charge in [-0.05, 0) is 28.1 Å². The second kappa shape index (κ2) is 8.16. The molecule has 0 fully saturated rings. The molecule has 0 saturated heterocycles. The van der Waals surface area contributed by atoms with Gasteiger partial charge < -0.3 is 10.1 Å². The summed E-state index contributed by atoms with van der Waals surface area (Å²) in [6.07, 6.45) is -1.27. The van der Waals surface area contributed by atoms with E-state index in [0.717, 1.165) is 0 Å². The summed E-state index contributed by atoms with van der Waals surface area (Å²) < 4.78 is 30.2. The van der Waals surface area contributed by atoms with Gasteiger partial charge in [0.25, 0.3) is 12.3 Å². The number of hydrogen-bond acceptors (Lipinski definition) is 4. The molecule has 0 unspecified atom stereocenters. The van der Waals surface area contributed by atoms with Crippen LogP contribution in [0.3, 0.4) is 0 Å². The average Bonchev–Trinajstić information content (AvgIpc) is 2.51. The van der Waals surface area contributed by atoms with Gasteiger partial charge in [-0.2, -0.15) is 0 Å². The molecule has 0 radical (unpaired) electrons. The van der Waals surface area contributed by atoms with Crippen molar-refractivity contribution >= 4 is 33.4 Å². The molecule has 2 aromatic heterocycles. The van der Waals surface area contributed by atoms with E-state index in [9.17, 15) is 13.6 Å². The van der Waals surface area contributed by atoms with Crippen LogP contribution in [0.5, 0.6) is 5.88 Å². The summed E-state index contributed by atoms with van der Waals surface area (Å²) in [5, 5.41) is 2.30. The molecule has 122 valence electrons. The zero-order chi connectivity index (χ0) is 16.8. The lowest BCUT2D eigenvalue weighted by molar-refractivity contribution is 0.0887. The smallest absolute Gasteiger partial charge is 0.270 e. The minimum Gasteiger partial charge on any atom is -0.473 e. The maximum Gasteiger partial charge on any atom is 0.270 e. The van der Waals surface area contributed by atoms with E-state index in [-0.39, 0.29) is 17.3 Å². The quantitative estimate of drug-likeness (QED) is 0.746. The number of carbonyl (C=O) groups excluding carboxylic acids is 1. The van der Waals surface area contributed by atoms with E-state index >= 15 is 0 Å². The van der Waals surface area contributed by atoms with Crippen molar-refractivity contribution in [1.29, 1.82) is 0 Å². The number of nitrogens with zero attached hydrogens (tertiary/aromatic N) is 2. The number of hydrogen-bond donors (Lipinski definition) is 1. The summed E-state index contributed by atoms with van der Waals surface area (Å²) >= 11 is 9.28. The molecule has 0 aromatic carbocycles. The zero-order valence-electron chi connectivity index (χ0n) is 11.6. The van der Waals surface area contributed by atoms with Crippen molar-refractivity contribution in [2.45, 2.75) is 13.0 Å². The molecular weight excluding hydrogens is 396 g/mol. The molecule has 0 atom stereocenters. The summed E-state index contributed by atoms with van der Waals surface area (Å²) in [7, 11) is 0. The van der Waals surface area contributed by atoms with Crippen LogP contribution in [0.25, 0.3) is 0 Å². The Hall–Kier alpha value is -1.80. The first-order valence-electron chi connectivity index (χ1n) is 6.42. The van der Waals surface area contributed by atoms with E-state index in [2.05, 4.69) is 31.2 Å². The first-order chi connectivity index (χ1) is 11.0. The predicted octanol–water partition coefficient (Wildman–Crippen LogP) is 3.47. The molecule has 23 heavy (non-hydrogen) atoms. The Morgan fingerprint density at radius 1 is 1.43 bits per heavy atom. The third kappa shape index (κ3) is 5.40. The molecule has 0 aliphatic rings. The molecule has 0 spiro atoms. The number of aromatic nitrogens is 2. The van der Waals surface area contributed by atoms with E-state index in [0.29, 0.717) is 16.0 Å². The molecule has 5 nitrogen and oxygen atoms in total. The van der Waals surface area contributed by atoms with Gasteiger partial charge in [-0.15, -0.1) is 0 Å². The third-order valence-corrected chi connectivity index (χ3v) is 3.44. The van der Waals surface area contributed by atoms with Gasteiger partial charge in [-0.3, -0.25) is 9.78 Å². The number of amides is 1. The second-order valence-electron chi connectivity index (χ2n) is 4.35. The van der Waals surface area contributed by atoms with E-state index in [1.807, 2.05) is 0 Å². The van der Waals surface area contributed by atoms with E-state index in [1.165, 1.54) is 12.3 Å². The Morgan fingerprint density at radius 3 is 2.87 bits per heavy atom. The van der Waals surface area contributed by atoms with Gasteiger partial charge in [0.05, 0.1) is 11.6 Å². The van der Waals surface area contributed by atoms with E-state index in [4.69, 9.17) is 16.3 Å². The number of pyridine rings is 2. The van der Waals surface area contributed by atoms with Crippen molar-refractivity contribution in [3.63, 3.8) is 0 Å². The number of nitrogens with one attached hydrogen (secondary N) is 1. The summed E-state index contributed by atoms with van der Waals surface area (Å²) in [4.78, 5) is 19.6. The van der Waals surface area contributed by atoms with Crippen LogP contribution in [0.2, 0.25) is 5.02 Å². The van der Waals surface area contributed by atoms with Crippen molar-refractivity contribution in [2.24, 2.45) is 0 Å². The van der Waals surface area contributed by atoms with Gasteiger partial charge in [0, 0.05) is 17.8 Å². The Bertz CT molecular complexity index is 703. The Morgan fingerprint density at radius 2 is 2.22 bits per heavy atom. The number of alkyl halides is 2. The minimum atomic E-state index is -2.63. The van der Waals surface area contributed by atoms with Crippen molar-refractivity contribution in [1.82, 2.24) is 15.3 Å². The topological polar surface area (TPSA) is 64.1 Å². The monoisotopic (exact) mass is 405 g/mol. The van der Waals surface area contributed by atoms with E-state index in [1.54, 1.807) is 18.2 Å². The van der Waals surface area contributed by atoms with Crippen LogP contribution in [-0.4, -0.2) is 28.8 Å². The van der Waals surface area contributed by atoms with Gasteiger partial charge in [0.15, 0.2) is 0 Å². The molecule has 2 aromatic rings. The number of halogens is 4.